The number of para-hydroxylation sites is 1. The molecule has 10 rings (SSSR count). The van der Waals surface area contributed by atoms with E-state index in [9.17, 15) is 0 Å². The normalized spacial score (nSPS) is 36.3. The summed E-state index contributed by atoms with van der Waals surface area (Å²) >= 11 is 0. The van der Waals surface area contributed by atoms with Crippen molar-refractivity contribution >= 4 is 27.5 Å². The van der Waals surface area contributed by atoms with Crippen molar-refractivity contribution in [3.05, 3.63) is 42.0 Å². The van der Waals surface area contributed by atoms with E-state index >= 15 is 0 Å². The Bertz CT molecular complexity index is 1540. The van der Waals surface area contributed by atoms with Crippen molar-refractivity contribution in [2.75, 3.05) is 4.90 Å². The third-order valence-corrected chi connectivity index (χ3v) is 14.9. The van der Waals surface area contributed by atoms with Crippen LogP contribution in [0.15, 0.2) is 36.4 Å². The Morgan fingerprint density at radius 1 is 0.489 bits per heavy atom. The average molecular weight is 604 g/mol. The molecule has 0 radical (unpaired) electrons. The Labute approximate surface area is 272 Å². The molecule has 45 heavy (non-hydrogen) atoms. The lowest BCUT2D eigenvalue weighted by atomic mass is 9.72. The second-order valence-corrected chi connectivity index (χ2v) is 16.9. The lowest BCUT2D eigenvalue weighted by Crippen LogP contribution is -2.47. The molecule has 2 aliphatic heterocycles. The molecule has 0 N–H and O–H groups in total. The van der Waals surface area contributed by atoms with Crippen molar-refractivity contribution in [3.63, 3.8) is 0 Å². The molecule has 0 spiro atoms. The summed E-state index contributed by atoms with van der Waals surface area (Å²) in [6.07, 6.45) is 30.3. The van der Waals surface area contributed by atoms with Crippen LogP contribution < -0.4 is 4.90 Å². The third kappa shape index (κ3) is 4.37. The van der Waals surface area contributed by atoms with Crippen molar-refractivity contribution in [1.29, 1.82) is 0 Å². The Morgan fingerprint density at radius 2 is 1.18 bits per heavy atom. The van der Waals surface area contributed by atoms with Gasteiger partial charge in [0, 0.05) is 69.7 Å². The van der Waals surface area contributed by atoms with E-state index in [0.717, 1.165) is 48.0 Å². The zero-order chi connectivity index (χ0) is 29.5. The molecule has 3 nitrogen and oxygen atoms in total. The quantitative estimate of drug-likeness (QED) is 0.295. The van der Waals surface area contributed by atoms with E-state index in [0.29, 0.717) is 6.04 Å². The molecule has 0 amide bonds. The Morgan fingerprint density at radius 3 is 2.02 bits per heavy atom. The highest BCUT2D eigenvalue weighted by Gasteiger charge is 2.53. The van der Waals surface area contributed by atoms with Gasteiger partial charge in [0.25, 0.3) is 0 Å². The topological polar surface area (TPSA) is 11.4 Å². The Balaban J connectivity index is 1.06. The summed E-state index contributed by atoms with van der Waals surface area (Å²) in [5.41, 5.74) is 6.47. The van der Waals surface area contributed by atoms with Gasteiger partial charge in [-0.05, 0) is 106 Å². The maximum absolute atomic E-state index is 3.20. The first kappa shape index (κ1) is 28.1. The van der Waals surface area contributed by atoms with E-state index in [1.54, 1.807) is 22.2 Å². The summed E-state index contributed by atoms with van der Waals surface area (Å²) < 4.78 is 2.92. The minimum Gasteiger partial charge on any atom is -0.365 e. The molecule has 1 aromatic heterocycles. The first-order valence-corrected chi connectivity index (χ1v) is 20.0. The molecule has 7 atom stereocenters. The molecular weight excluding hydrogens is 546 g/mol. The van der Waals surface area contributed by atoms with Crippen molar-refractivity contribution < 1.29 is 0 Å². The molecular formula is C42H57N3. The first-order valence-electron chi connectivity index (χ1n) is 20.0. The Kier molecular flexibility index (Phi) is 7.05. The van der Waals surface area contributed by atoms with Gasteiger partial charge in [0.15, 0.2) is 0 Å². The van der Waals surface area contributed by atoms with Crippen LogP contribution in [0.4, 0.5) is 5.69 Å². The minimum atomic E-state index is 0.651. The van der Waals surface area contributed by atoms with Gasteiger partial charge < -0.3 is 9.47 Å². The molecule has 1 saturated heterocycles. The van der Waals surface area contributed by atoms with Gasteiger partial charge in [-0.15, -0.1) is 0 Å². The number of anilines is 1. The van der Waals surface area contributed by atoms with Crippen molar-refractivity contribution in [3.8, 4) is 0 Å². The maximum Gasteiger partial charge on any atom is 0.0498 e. The standard InChI is InChI=1S/C42H57N3/c1-3-13-28(14-4-1)43-37-20-10-7-17-31(37)34-25-30(23-24-40(34)43)45-39-22-12-9-19-33(39)36-26-41-35(27-42(36)45)32-18-8-11-21-38(32)44(41)29-15-5-2-6-16-29/h9,12,19,22,26-32,34,37-38,40H,1-8,10-11,13-18,20-21,23-25H2. The number of fused-ring (bicyclic) bond motifs is 9. The SMILES string of the molecule is c1ccc2c(c1)c1cc3c(cc1n2C1CCC2C(C1)C1CCCCC1N2C1CCCCC1)C1CCCCC1N3C1CCCCC1. The fourth-order valence-corrected chi connectivity index (χ4v) is 13.2. The van der Waals surface area contributed by atoms with Crippen molar-refractivity contribution in [2.24, 2.45) is 11.8 Å². The zero-order valence-corrected chi connectivity index (χ0v) is 27.9. The van der Waals surface area contributed by atoms with Crippen LogP contribution in [0, 0.1) is 11.8 Å². The molecule has 7 unspecified atom stereocenters. The molecule has 5 aliphatic carbocycles. The molecule has 3 heteroatoms. The summed E-state index contributed by atoms with van der Waals surface area (Å²) in [6.45, 7) is 0. The molecule has 5 saturated carbocycles. The second kappa shape index (κ2) is 11.3. The van der Waals surface area contributed by atoms with E-state index in [-0.39, 0.29) is 0 Å². The van der Waals surface area contributed by atoms with Gasteiger partial charge in [0.2, 0.25) is 0 Å². The van der Waals surface area contributed by atoms with Gasteiger partial charge >= 0.3 is 0 Å². The predicted octanol–water partition coefficient (Wildman–Crippen LogP) is 10.9. The summed E-state index contributed by atoms with van der Waals surface area (Å²) in [5, 5.41) is 3.07. The van der Waals surface area contributed by atoms with E-state index in [4.69, 9.17) is 0 Å². The number of likely N-dealkylation sites (tertiary alicyclic amines) is 1. The van der Waals surface area contributed by atoms with Crippen LogP contribution in [-0.2, 0) is 0 Å². The van der Waals surface area contributed by atoms with Crippen LogP contribution in [0.2, 0.25) is 0 Å². The molecule has 2 aromatic carbocycles. The van der Waals surface area contributed by atoms with Gasteiger partial charge in [0.05, 0.1) is 0 Å². The highest BCUT2D eigenvalue weighted by molar-refractivity contribution is 6.10. The summed E-state index contributed by atoms with van der Waals surface area (Å²) in [4.78, 5) is 6.21. The third-order valence-electron chi connectivity index (χ3n) is 14.9. The molecule has 0 bridgehead atoms. The first-order chi connectivity index (χ1) is 22.3. The van der Waals surface area contributed by atoms with Gasteiger partial charge in [-0.1, -0.05) is 82.4 Å². The molecule has 7 aliphatic rings. The van der Waals surface area contributed by atoms with Crippen LogP contribution in [0.25, 0.3) is 21.8 Å². The van der Waals surface area contributed by atoms with Crippen LogP contribution >= 0.6 is 0 Å². The Hall–Kier alpha value is -2.00. The summed E-state index contributed by atoms with van der Waals surface area (Å²) in [5.74, 6) is 2.62. The van der Waals surface area contributed by atoms with Crippen molar-refractivity contribution in [1.82, 2.24) is 9.47 Å². The van der Waals surface area contributed by atoms with E-state index in [1.165, 1.54) is 146 Å². The number of rotatable bonds is 3. The van der Waals surface area contributed by atoms with Crippen LogP contribution in [0.3, 0.4) is 0 Å². The lowest BCUT2D eigenvalue weighted by molar-refractivity contribution is 0.0606. The van der Waals surface area contributed by atoms with Crippen LogP contribution in [-0.4, -0.2) is 39.7 Å². The van der Waals surface area contributed by atoms with Crippen LogP contribution in [0.5, 0.6) is 0 Å². The fraction of sp³-hybridized carbons (Fsp3) is 0.714. The van der Waals surface area contributed by atoms with Gasteiger partial charge in [-0.25, -0.2) is 0 Å². The summed E-state index contributed by atoms with van der Waals surface area (Å²) in [6, 6.07) is 19.9. The molecule has 240 valence electrons. The zero-order valence-electron chi connectivity index (χ0n) is 27.9. The average Bonchev–Trinajstić information content (AvgIpc) is 3.73. The van der Waals surface area contributed by atoms with E-state index < -0.39 is 0 Å². The second-order valence-electron chi connectivity index (χ2n) is 16.9. The van der Waals surface area contributed by atoms with Crippen molar-refractivity contribution in [2.45, 2.75) is 177 Å². The number of hydrogen-bond acceptors (Lipinski definition) is 2. The number of hydrogen-bond donors (Lipinski definition) is 0. The van der Waals surface area contributed by atoms with Crippen LogP contribution in [0.1, 0.15) is 152 Å². The number of benzene rings is 2. The molecule has 3 heterocycles. The predicted molar refractivity (Wildman–Crippen MR) is 188 cm³/mol. The number of aromatic nitrogens is 1. The maximum atomic E-state index is 3.20. The molecule has 6 fully saturated rings. The van der Waals surface area contributed by atoms with E-state index in [1.807, 2.05) is 0 Å². The number of nitrogens with zero attached hydrogens (tertiary/aromatic N) is 3. The monoisotopic (exact) mass is 603 g/mol. The highest BCUT2D eigenvalue weighted by atomic mass is 15.3. The molecule has 3 aromatic rings. The minimum absolute atomic E-state index is 0.651. The largest absolute Gasteiger partial charge is 0.365 e. The summed E-state index contributed by atoms with van der Waals surface area (Å²) in [7, 11) is 0. The highest BCUT2D eigenvalue weighted by Crippen LogP contribution is 2.56. The van der Waals surface area contributed by atoms with Gasteiger partial charge in [0.1, 0.15) is 0 Å². The lowest BCUT2D eigenvalue weighted by Gasteiger charge is -2.43. The smallest absolute Gasteiger partial charge is 0.0498 e. The fourth-order valence-electron chi connectivity index (χ4n) is 13.2. The van der Waals surface area contributed by atoms with E-state index in [2.05, 4.69) is 50.8 Å². The van der Waals surface area contributed by atoms with Gasteiger partial charge in [-0.2, -0.15) is 0 Å². The van der Waals surface area contributed by atoms with Gasteiger partial charge in [-0.3, -0.25) is 4.90 Å².